The molecular weight excluding hydrogens is 202 g/mol. The molecule has 16 heavy (non-hydrogen) atoms. The smallest absolute Gasteiger partial charge is 0.320 e. The lowest BCUT2D eigenvalue weighted by Crippen LogP contribution is -2.60. The minimum Gasteiger partial charge on any atom is -0.328 e. The second kappa shape index (κ2) is 6.09. The van der Waals surface area contributed by atoms with Crippen molar-refractivity contribution in [3.05, 3.63) is 0 Å². The zero-order chi connectivity index (χ0) is 12.1. The first kappa shape index (κ1) is 13.3. The fourth-order valence-corrected chi connectivity index (χ4v) is 2.09. The van der Waals surface area contributed by atoms with Crippen LogP contribution >= 0.6 is 0 Å². The van der Waals surface area contributed by atoms with Crippen LogP contribution in [-0.4, -0.2) is 54.6 Å². The van der Waals surface area contributed by atoms with Gasteiger partial charge in [-0.25, -0.2) is 4.79 Å². The number of nitrogens with zero attached hydrogens (tertiary/aromatic N) is 2. The maximum atomic E-state index is 12.2. The van der Waals surface area contributed by atoms with Gasteiger partial charge in [-0.15, -0.1) is 0 Å². The second-order valence-corrected chi connectivity index (χ2v) is 4.52. The van der Waals surface area contributed by atoms with Gasteiger partial charge in [0.15, 0.2) is 0 Å². The number of rotatable bonds is 3. The predicted molar refractivity (Wildman–Crippen MR) is 66.6 cm³/mol. The van der Waals surface area contributed by atoms with E-state index in [1.54, 1.807) is 4.90 Å². The average molecular weight is 227 g/mol. The molecule has 0 aliphatic carbocycles. The van der Waals surface area contributed by atoms with Crippen molar-refractivity contribution < 1.29 is 4.79 Å². The van der Waals surface area contributed by atoms with E-state index in [1.165, 1.54) is 0 Å². The zero-order valence-electron chi connectivity index (χ0n) is 11.0. The molecule has 1 aliphatic rings. The lowest BCUT2D eigenvalue weighted by Gasteiger charge is -2.41. The number of nitrogens with one attached hydrogen (secondary N) is 1. The summed E-state index contributed by atoms with van der Waals surface area (Å²) in [5.41, 5.74) is 0. The van der Waals surface area contributed by atoms with Crippen molar-refractivity contribution in [2.45, 2.75) is 45.7 Å². The second-order valence-electron chi connectivity index (χ2n) is 4.52. The summed E-state index contributed by atoms with van der Waals surface area (Å²) >= 11 is 0. The molecule has 1 N–H and O–H groups in total. The fourth-order valence-electron chi connectivity index (χ4n) is 2.09. The van der Waals surface area contributed by atoms with Crippen LogP contribution < -0.4 is 5.32 Å². The Hall–Kier alpha value is -0.770. The van der Waals surface area contributed by atoms with Crippen molar-refractivity contribution in [2.75, 3.05) is 26.7 Å². The summed E-state index contributed by atoms with van der Waals surface area (Å²) in [5, 5.41) is 3.50. The van der Waals surface area contributed by atoms with Crippen LogP contribution in [0.2, 0.25) is 0 Å². The standard InChI is InChI=1S/C12H25N3O/c1-5-10-9-15(11(6-2)8-13-10)12(16)14(4)7-3/h10-11,13H,5-9H2,1-4H3. The number of amides is 2. The molecule has 2 atom stereocenters. The lowest BCUT2D eigenvalue weighted by molar-refractivity contribution is 0.112. The number of hydrogen-bond acceptors (Lipinski definition) is 2. The van der Waals surface area contributed by atoms with Crippen LogP contribution in [0.4, 0.5) is 4.79 Å². The molecule has 2 unspecified atom stereocenters. The molecular formula is C12H25N3O. The maximum Gasteiger partial charge on any atom is 0.320 e. The zero-order valence-corrected chi connectivity index (χ0v) is 11.0. The van der Waals surface area contributed by atoms with Crippen LogP contribution in [0.1, 0.15) is 33.6 Å². The normalized spacial score (nSPS) is 25.6. The van der Waals surface area contributed by atoms with Crippen molar-refractivity contribution in [2.24, 2.45) is 0 Å². The average Bonchev–Trinajstić information content (AvgIpc) is 2.35. The number of carbonyl (C=O) groups is 1. The minimum absolute atomic E-state index is 0.175. The molecule has 94 valence electrons. The van der Waals surface area contributed by atoms with Crippen LogP contribution in [0.15, 0.2) is 0 Å². The summed E-state index contributed by atoms with van der Waals surface area (Å²) in [6.45, 7) is 8.87. The Kier molecular flexibility index (Phi) is 5.06. The van der Waals surface area contributed by atoms with Crippen LogP contribution in [-0.2, 0) is 0 Å². The van der Waals surface area contributed by atoms with Gasteiger partial charge < -0.3 is 15.1 Å². The quantitative estimate of drug-likeness (QED) is 0.793. The van der Waals surface area contributed by atoms with Gasteiger partial charge in [0.1, 0.15) is 0 Å². The van der Waals surface area contributed by atoms with E-state index in [0.717, 1.165) is 32.5 Å². The Labute approximate surface area is 99.0 Å². The number of carbonyl (C=O) groups excluding carboxylic acids is 1. The summed E-state index contributed by atoms with van der Waals surface area (Å²) in [6.07, 6.45) is 2.10. The van der Waals surface area contributed by atoms with Gasteiger partial charge >= 0.3 is 6.03 Å². The van der Waals surface area contributed by atoms with Gasteiger partial charge in [0.25, 0.3) is 0 Å². The van der Waals surface area contributed by atoms with Gasteiger partial charge in [-0.05, 0) is 19.8 Å². The van der Waals surface area contributed by atoms with E-state index in [-0.39, 0.29) is 6.03 Å². The van der Waals surface area contributed by atoms with E-state index in [0.29, 0.717) is 12.1 Å². The first-order valence-electron chi connectivity index (χ1n) is 6.39. The molecule has 1 fully saturated rings. The molecule has 2 amide bonds. The van der Waals surface area contributed by atoms with Crippen molar-refractivity contribution in [1.29, 1.82) is 0 Å². The Morgan fingerprint density at radius 1 is 1.38 bits per heavy atom. The Morgan fingerprint density at radius 3 is 2.56 bits per heavy atom. The molecule has 4 heteroatoms. The number of hydrogen-bond donors (Lipinski definition) is 1. The Morgan fingerprint density at radius 2 is 2.06 bits per heavy atom. The third kappa shape index (κ3) is 2.88. The molecule has 0 spiro atoms. The predicted octanol–water partition coefficient (Wildman–Crippen LogP) is 1.52. The molecule has 0 aromatic heterocycles. The highest BCUT2D eigenvalue weighted by Crippen LogP contribution is 2.14. The molecule has 1 rings (SSSR count). The summed E-state index contributed by atoms with van der Waals surface area (Å²) < 4.78 is 0. The van der Waals surface area contributed by atoms with E-state index in [1.807, 2.05) is 18.9 Å². The van der Waals surface area contributed by atoms with Gasteiger partial charge in [0, 0.05) is 38.8 Å². The van der Waals surface area contributed by atoms with E-state index >= 15 is 0 Å². The number of urea groups is 1. The SMILES string of the molecule is CCC1CN(C(=O)N(C)CC)C(CC)CN1. The van der Waals surface area contributed by atoms with E-state index in [4.69, 9.17) is 0 Å². The molecule has 0 aromatic carbocycles. The summed E-state index contributed by atoms with van der Waals surface area (Å²) in [7, 11) is 1.87. The van der Waals surface area contributed by atoms with Crippen LogP contribution in [0.5, 0.6) is 0 Å². The molecule has 1 saturated heterocycles. The van der Waals surface area contributed by atoms with Crippen molar-refractivity contribution in [3.63, 3.8) is 0 Å². The van der Waals surface area contributed by atoms with E-state index in [2.05, 4.69) is 19.2 Å². The first-order valence-corrected chi connectivity index (χ1v) is 6.39. The highest BCUT2D eigenvalue weighted by atomic mass is 16.2. The van der Waals surface area contributed by atoms with Crippen LogP contribution in [0.3, 0.4) is 0 Å². The van der Waals surface area contributed by atoms with E-state index in [9.17, 15) is 4.79 Å². The molecule has 1 heterocycles. The molecule has 0 bridgehead atoms. The largest absolute Gasteiger partial charge is 0.328 e. The van der Waals surface area contributed by atoms with Gasteiger partial charge in [0.2, 0.25) is 0 Å². The first-order chi connectivity index (χ1) is 7.63. The van der Waals surface area contributed by atoms with Crippen molar-refractivity contribution in [1.82, 2.24) is 15.1 Å². The molecule has 0 aromatic rings. The molecule has 1 aliphatic heterocycles. The van der Waals surface area contributed by atoms with Crippen LogP contribution in [0, 0.1) is 0 Å². The minimum atomic E-state index is 0.175. The lowest BCUT2D eigenvalue weighted by atomic mass is 10.1. The number of piperazine rings is 1. The summed E-state index contributed by atoms with van der Waals surface area (Å²) in [4.78, 5) is 16.0. The van der Waals surface area contributed by atoms with E-state index < -0.39 is 0 Å². The molecule has 4 nitrogen and oxygen atoms in total. The summed E-state index contributed by atoms with van der Waals surface area (Å²) in [5.74, 6) is 0. The van der Waals surface area contributed by atoms with Crippen molar-refractivity contribution >= 4 is 6.03 Å². The van der Waals surface area contributed by atoms with Crippen molar-refractivity contribution in [3.8, 4) is 0 Å². The Balaban J connectivity index is 2.67. The topological polar surface area (TPSA) is 35.6 Å². The van der Waals surface area contributed by atoms with Gasteiger partial charge in [-0.3, -0.25) is 0 Å². The van der Waals surface area contributed by atoms with Gasteiger partial charge in [-0.2, -0.15) is 0 Å². The van der Waals surface area contributed by atoms with Gasteiger partial charge in [0.05, 0.1) is 0 Å². The molecule has 0 radical (unpaired) electrons. The third-order valence-electron chi connectivity index (χ3n) is 3.51. The Bertz CT molecular complexity index is 232. The third-order valence-corrected chi connectivity index (χ3v) is 3.51. The maximum absolute atomic E-state index is 12.2. The van der Waals surface area contributed by atoms with Crippen LogP contribution in [0.25, 0.3) is 0 Å². The highest BCUT2D eigenvalue weighted by Gasteiger charge is 2.30. The monoisotopic (exact) mass is 227 g/mol. The molecule has 0 saturated carbocycles. The van der Waals surface area contributed by atoms with Gasteiger partial charge in [-0.1, -0.05) is 13.8 Å². The summed E-state index contributed by atoms with van der Waals surface area (Å²) in [6, 6.07) is 0.982. The fraction of sp³-hybridized carbons (Fsp3) is 0.917. The highest BCUT2D eigenvalue weighted by molar-refractivity contribution is 5.74.